The van der Waals surface area contributed by atoms with Crippen LogP contribution < -0.4 is 5.32 Å². The van der Waals surface area contributed by atoms with Crippen LogP contribution in [0.1, 0.15) is 49.1 Å². The first-order valence-electron chi connectivity index (χ1n) is 11.6. The number of hydrogen-bond acceptors (Lipinski definition) is 4. The van der Waals surface area contributed by atoms with Gasteiger partial charge in [0.05, 0.1) is 0 Å². The lowest BCUT2D eigenvalue weighted by Gasteiger charge is -2.36. The number of amides is 2. The number of benzene rings is 2. The molecule has 7 heteroatoms. The standard InChI is InChI=1S/C26H26N2O5/c29-22(28-13-5-6-16-14-26(16,28)23(30)31)25(11-12-25)27-24(32)33-15-21-19-9-3-1-7-17(19)18-8-2-4-10-20(18)21/h1-4,7-10,16,21H,5-6,11-15H2,(H,27,32)(H,30,31)/t16-,26+/m1/s1. The van der Waals surface area contributed by atoms with Crippen LogP contribution in [-0.4, -0.2) is 52.2 Å². The molecule has 2 atom stereocenters. The van der Waals surface area contributed by atoms with Crippen molar-refractivity contribution in [1.29, 1.82) is 0 Å². The normalized spacial score (nSPS) is 25.9. The van der Waals surface area contributed by atoms with Crippen molar-refractivity contribution < 1.29 is 24.2 Å². The SMILES string of the molecule is O=C(NC1(C(=O)N2CCC[C@@H]3C[C@@]32C(=O)O)CC1)OCC1c2ccccc2-c2ccccc21. The van der Waals surface area contributed by atoms with Crippen LogP contribution in [0.2, 0.25) is 0 Å². The minimum atomic E-state index is -1.08. The van der Waals surface area contributed by atoms with E-state index in [9.17, 15) is 19.5 Å². The third-order valence-electron chi connectivity index (χ3n) is 7.95. The van der Waals surface area contributed by atoms with Gasteiger partial charge in [-0.2, -0.15) is 0 Å². The van der Waals surface area contributed by atoms with Crippen molar-refractivity contribution in [2.75, 3.05) is 13.2 Å². The van der Waals surface area contributed by atoms with Crippen molar-refractivity contribution >= 4 is 18.0 Å². The molecule has 7 nitrogen and oxygen atoms in total. The van der Waals surface area contributed by atoms with Crippen LogP contribution >= 0.6 is 0 Å². The lowest BCUT2D eigenvalue weighted by atomic mass is 9.98. The van der Waals surface area contributed by atoms with E-state index in [2.05, 4.69) is 29.6 Å². The van der Waals surface area contributed by atoms with Crippen LogP contribution in [0.15, 0.2) is 48.5 Å². The lowest BCUT2D eigenvalue weighted by molar-refractivity contribution is -0.156. The number of rotatable bonds is 5. The zero-order valence-corrected chi connectivity index (χ0v) is 18.3. The van der Waals surface area contributed by atoms with Crippen molar-refractivity contribution in [1.82, 2.24) is 10.2 Å². The number of carboxylic acid groups (broad SMARTS) is 1. The molecule has 0 aromatic heterocycles. The Labute approximate surface area is 191 Å². The van der Waals surface area contributed by atoms with Crippen LogP contribution in [0.4, 0.5) is 4.79 Å². The number of fused-ring (bicyclic) bond motifs is 4. The van der Waals surface area contributed by atoms with E-state index >= 15 is 0 Å². The Bertz CT molecular complexity index is 1130. The summed E-state index contributed by atoms with van der Waals surface area (Å²) in [4.78, 5) is 39.6. The van der Waals surface area contributed by atoms with E-state index < -0.39 is 23.1 Å². The number of likely N-dealkylation sites (tertiary alicyclic amines) is 1. The molecule has 2 saturated carbocycles. The second-order valence-corrected chi connectivity index (χ2v) is 9.76. The van der Waals surface area contributed by atoms with Crippen molar-refractivity contribution in [3.05, 3.63) is 59.7 Å². The fourth-order valence-corrected chi connectivity index (χ4v) is 5.95. The Kier molecular flexibility index (Phi) is 4.34. The summed E-state index contributed by atoms with van der Waals surface area (Å²) in [5.41, 5.74) is 2.45. The maximum Gasteiger partial charge on any atom is 0.408 e. The predicted molar refractivity (Wildman–Crippen MR) is 120 cm³/mol. The Morgan fingerprint density at radius 1 is 1.03 bits per heavy atom. The number of alkyl carbamates (subject to hydrolysis) is 1. The largest absolute Gasteiger partial charge is 0.479 e. The molecule has 0 unspecified atom stereocenters. The quantitative estimate of drug-likeness (QED) is 0.733. The van der Waals surface area contributed by atoms with E-state index in [0.717, 1.165) is 35.1 Å². The number of carbonyl (C=O) groups excluding carboxylic acids is 2. The summed E-state index contributed by atoms with van der Waals surface area (Å²) >= 11 is 0. The van der Waals surface area contributed by atoms with Gasteiger partial charge in [-0.25, -0.2) is 9.59 Å². The number of ether oxygens (including phenoxy) is 1. The molecule has 33 heavy (non-hydrogen) atoms. The first-order valence-corrected chi connectivity index (χ1v) is 11.6. The summed E-state index contributed by atoms with van der Waals surface area (Å²) in [6.45, 7) is 0.602. The summed E-state index contributed by atoms with van der Waals surface area (Å²) in [6.07, 6.45) is 2.53. The van der Waals surface area contributed by atoms with Gasteiger partial charge in [0.15, 0.2) is 0 Å². The molecule has 1 heterocycles. The molecule has 2 aromatic carbocycles. The minimum Gasteiger partial charge on any atom is -0.479 e. The Morgan fingerprint density at radius 3 is 2.27 bits per heavy atom. The average Bonchev–Trinajstić information content (AvgIpc) is 3.73. The van der Waals surface area contributed by atoms with Gasteiger partial charge >= 0.3 is 12.1 Å². The van der Waals surface area contributed by atoms with Gasteiger partial charge < -0.3 is 20.1 Å². The number of carbonyl (C=O) groups is 3. The zero-order valence-electron chi connectivity index (χ0n) is 18.3. The van der Waals surface area contributed by atoms with Crippen LogP contribution in [0.5, 0.6) is 0 Å². The van der Waals surface area contributed by atoms with Gasteiger partial charge in [0.25, 0.3) is 0 Å². The number of nitrogens with one attached hydrogen (secondary N) is 1. The highest BCUT2D eigenvalue weighted by Gasteiger charge is 2.69. The van der Waals surface area contributed by atoms with Gasteiger partial charge in [0.1, 0.15) is 17.7 Å². The fraction of sp³-hybridized carbons (Fsp3) is 0.423. The molecule has 3 fully saturated rings. The molecule has 2 N–H and O–H groups in total. The lowest BCUT2D eigenvalue weighted by Crippen LogP contribution is -2.58. The molecule has 170 valence electrons. The smallest absolute Gasteiger partial charge is 0.408 e. The number of nitrogens with zero attached hydrogens (tertiary/aromatic N) is 1. The highest BCUT2D eigenvalue weighted by atomic mass is 16.5. The summed E-state index contributed by atoms with van der Waals surface area (Å²) in [5, 5.41) is 12.6. The molecule has 6 rings (SSSR count). The Morgan fingerprint density at radius 2 is 1.67 bits per heavy atom. The van der Waals surface area contributed by atoms with Crippen LogP contribution in [0.3, 0.4) is 0 Å². The molecular weight excluding hydrogens is 420 g/mol. The number of hydrogen-bond donors (Lipinski definition) is 2. The molecular formula is C26H26N2O5. The van der Waals surface area contributed by atoms with Gasteiger partial charge in [-0.15, -0.1) is 0 Å². The van der Waals surface area contributed by atoms with E-state index in [1.165, 1.54) is 4.90 Å². The Hall–Kier alpha value is -3.35. The average molecular weight is 447 g/mol. The number of piperidine rings is 1. The number of aliphatic carboxylic acids is 1. The molecule has 4 aliphatic rings. The van der Waals surface area contributed by atoms with Gasteiger partial charge in [-0.1, -0.05) is 48.5 Å². The Balaban J connectivity index is 1.15. The predicted octanol–water partition coefficient (Wildman–Crippen LogP) is 3.52. The van der Waals surface area contributed by atoms with Crippen molar-refractivity contribution in [3.8, 4) is 11.1 Å². The van der Waals surface area contributed by atoms with E-state index in [-0.39, 0.29) is 24.3 Å². The molecule has 1 saturated heterocycles. The summed E-state index contributed by atoms with van der Waals surface area (Å²) < 4.78 is 5.63. The third kappa shape index (κ3) is 2.98. The third-order valence-corrected chi connectivity index (χ3v) is 7.95. The minimum absolute atomic E-state index is 0.0259. The van der Waals surface area contributed by atoms with Gasteiger partial charge in [0, 0.05) is 12.5 Å². The molecule has 0 radical (unpaired) electrons. The maximum absolute atomic E-state index is 13.3. The van der Waals surface area contributed by atoms with Crippen LogP contribution in [0.25, 0.3) is 11.1 Å². The van der Waals surface area contributed by atoms with Gasteiger partial charge in [-0.05, 0) is 60.3 Å². The highest BCUT2D eigenvalue weighted by Crippen LogP contribution is 2.56. The van der Waals surface area contributed by atoms with Crippen molar-refractivity contribution in [2.24, 2.45) is 5.92 Å². The van der Waals surface area contributed by atoms with Crippen molar-refractivity contribution in [2.45, 2.75) is 49.1 Å². The topological polar surface area (TPSA) is 95.9 Å². The second kappa shape index (κ2) is 7.07. The van der Waals surface area contributed by atoms with Crippen molar-refractivity contribution in [3.63, 3.8) is 0 Å². The highest BCUT2D eigenvalue weighted by molar-refractivity contribution is 5.98. The van der Waals surface area contributed by atoms with E-state index in [4.69, 9.17) is 4.74 Å². The van der Waals surface area contributed by atoms with Crippen LogP contribution in [-0.2, 0) is 14.3 Å². The molecule has 0 bridgehead atoms. The molecule has 2 amide bonds. The summed E-state index contributed by atoms with van der Waals surface area (Å²) in [6, 6.07) is 16.2. The first kappa shape index (κ1) is 20.3. The summed E-state index contributed by atoms with van der Waals surface area (Å²) in [5.74, 6) is -1.24. The van der Waals surface area contributed by atoms with Crippen LogP contribution in [0, 0.1) is 5.92 Å². The molecule has 1 aliphatic heterocycles. The van der Waals surface area contributed by atoms with Gasteiger partial charge in [-0.3, -0.25) is 4.79 Å². The van der Waals surface area contributed by atoms with E-state index in [1.54, 1.807) is 0 Å². The maximum atomic E-state index is 13.3. The summed E-state index contributed by atoms with van der Waals surface area (Å²) in [7, 11) is 0. The fourth-order valence-electron chi connectivity index (χ4n) is 5.95. The van der Waals surface area contributed by atoms with E-state index in [1.807, 2.05) is 24.3 Å². The molecule has 3 aliphatic carbocycles. The van der Waals surface area contributed by atoms with Gasteiger partial charge in [0.2, 0.25) is 5.91 Å². The second-order valence-electron chi connectivity index (χ2n) is 9.76. The monoisotopic (exact) mass is 446 g/mol. The first-order chi connectivity index (χ1) is 16.0. The molecule has 0 spiro atoms. The zero-order chi connectivity index (χ0) is 22.8. The van der Waals surface area contributed by atoms with E-state index in [0.29, 0.717) is 25.8 Å². The number of carboxylic acids is 1. The molecule has 2 aromatic rings.